The molecule has 0 unspecified atom stereocenters. The number of hydrogen-bond donors (Lipinski definition) is 1. The predicted octanol–water partition coefficient (Wildman–Crippen LogP) is 0.369. The molecule has 0 aromatic heterocycles. The Bertz CT molecular complexity index is 167. The fourth-order valence-electron chi connectivity index (χ4n) is 0.488. The molecule has 11 heavy (non-hydrogen) atoms. The Morgan fingerprint density at radius 2 is 2.00 bits per heavy atom. The van der Waals surface area contributed by atoms with Crippen LogP contribution in [-0.4, -0.2) is 59.8 Å². The molecule has 0 heterocycles. The van der Waals surface area contributed by atoms with Gasteiger partial charge >= 0.3 is 29.6 Å². The molecule has 0 atom stereocenters. The van der Waals surface area contributed by atoms with Crippen LogP contribution in [0.1, 0.15) is 13.3 Å². The molecule has 6 heteroatoms. The van der Waals surface area contributed by atoms with Gasteiger partial charge in [0.15, 0.2) is 0 Å². The summed E-state index contributed by atoms with van der Waals surface area (Å²) in [5.74, 6) is 1.68. The minimum atomic E-state index is -3.72. The molecule has 0 aliphatic heterocycles. The molecule has 0 fully saturated rings. The molecule has 64 valence electrons. The van der Waals surface area contributed by atoms with Crippen molar-refractivity contribution in [3.8, 4) is 0 Å². The van der Waals surface area contributed by atoms with E-state index in [2.05, 4.69) is 0 Å². The van der Waals surface area contributed by atoms with Gasteiger partial charge in [0.2, 0.25) is 0 Å². The van der Waals surface area contributed by atoms with Crippen LogP contribution in [0.25, 0.3) is 0 Å². The van der Waals surface area contributed by atoms with Gasteiger partial charge in [-0.1, -0.05) is 6.92 Å². The van der Waals surface area contributed by atoms with Crippen molar-refractivity contribution in [1.82, 2.24) is 0 Å². The standard InChI is InChI=1S/C5H12O3S2.Na.H/c1-2-9-4-3-5-10(6,7)8;;/h2-5H2,1H3,(H,6,7,8);;. The van der Waals surface area contributed by atoms with Crippen molar-refractivity contribution < 1.29 is 13.0 Å². The Morgan fingerprint density at radius 1 is 1.45 bits per heavy atom. The maximum atomic E-state index is 10.1. The Kier molecular flexibility index (Phi) is 10.6. The van der Waals surface area contributed by atoms with Gasteiger partial charge in [-0.25, -0.2) is 0 Å². The molecule has 0 radical (unpaired) electrons. The summed E-state index contributed by atoms with van der Waals surface area (Å²) in [5, 5.41) is 0. The van der Waals surface area contributed by atoms with Gasteiger partial charge in [0.05, 0.1) is 5.75 Å². The van der Waals surface area contributed by atoms with E-state index in [1.165, 1.54) is 0 Å². The van der Waals surface area contributed by atoms with Gasteiger partial charge in [-0.05, 0) is 17.9 Å². The first-order valence-electron chi connectivity index (χ1n) is 3.09. The number of thioether (sulfide) groups is 1. The Labute approximate surface area is 94.4 Å². The van der Waals surface area contributed by atoms with E-state index >= 15 is 0 Å². The molecule has 0 bridgehead atoms. The third-order valence-corrected chi connectivity index (χ3v) is 2.69. The first-order chi connectivity index (χ1) is 4.56. The van der Waals surface area contributed by atoms with Crippen LogP contribution in [0.5, 0.6) is 0 Å². The fraction of sp³-hybridized carbons (Fsp3) is 1.00. The van der Waals surface area contributed by atoms with E-state index in [0.717, 1.165) is 11.5 Å². The minimum absolute atomic E-state index is 0. The SMILES string of the molecule is CCSCCCS(=O)(=O)O.[NaH]. The Hall–Kier alpha value is 1.26. The van der Waals surface area contributed by atoms with Crippen molar-refractivity contribution in [2.75, 3.05) is 17.3 Å². The van der Waals surface area contributed by atoms with Crippen LogP contribution in [-0.2, 0) is 10.1 Å². The van der Waals surface area contributed by atoms with Crippen LogP contribution in [0, 0.1) is 0 Å². The van der Waals surface area contributed by atoms with Gasteiger partial charge in [-0.2, -0.15) is 20.2 Å². The molecule has 0 aromatic rings. The molecule has 0 rings (SSSR count). The van der Waals surface area contributed by atoms with Crippen molar-refractivity contribution in [2.45, 2.75) is 13.3 Å². The second kappa shape index (κ2) is 7.89. The topological polar surface area (TPSA) is 54.4 Å². The van der Waals surface area contributed by atoms with Crippen LogP contribution >= 0.6 is 11.8 Å². The summed E-state index contributed by atoms with van der Waals surface area (Å²) in [6, 6.07) is 0. The molecule has 0 aliphatic rings. The molecule has 1 N–H and O–H groups in total. The summed E-state index contributed by atoms with van der Waals surface area (Å²) < 4.78 is 28.6. The Morgan fingerprint density at radius 3 is 2.36 bits per heavy atom. The van der Waals surface area contributed by atoms with E-state index < -0.39 is 10.1 Å². The zero-order chi connectivity index (χ0) is 8.04. The third kappa shape index (κ3) is 14.2. The fourth-order valence-corrected chi connectivity index (χ4v) is 1.82. The summed E-state index contributed by atoms with van der Waals surface area (Å²) in [4.78, 5) is 0. The molecule has 0 spiro atoms. The summed E-state index contributed by atoms with van der Waals surface area (Å²) in [5.41, 5.74) is 0. The number of rotatable bonds is 5. The van der Waals surface area contributed by atoms with E-state index in [4.69, 9.17) is 4.55 Å². The summed E-state index contributed by atoms with van der Waals surface area (Å²) >= 11 is 1.67. The van der Waals surface area contributed by atoms with Gasteiger partial charge in [-0.3, -0.25) is 4.55 Å². The van der Waals surface area contributed by atoms with Gasteiger partial charge in [0.25, 0.3) is 10.1 Å². The second-order valence-electron chi connectivity index (χ2n) is 1.84. The van der Waals surface area contributed by atoms with Gasteiger partial charge in [-0.15, -0.1) is 0 Å². The van der Waals surface area contributed by atoms with Crippen molar-refractivity contribution in [3.05, 3.63) is 0 Å². The molecule has 0 aromatic carbocycles. The first kappa shape index (κ1) is 14.8. The van der Waals surface area contributed by atoms with E-state index in [1.807, 2.05) is 6.92 Å². The van der Waals surface area contributed by atoms with Crippen LogP contribution in [0.3, 0.4) is 0 Å². The first-order valence-corrected chi connectivity index (χ1v) is 5.85. The van der Waals surface area contributed by atoms with E-state index in [0.29, 0.717) is 6.42 Å². The summed E-state index contributed by atoms with van der Waals surface area (Å²) in [6.07, 6.45) is 0.539. The number of hydrogen-bond acceptors (Lipinski definition) is 3. The molecular weight excluding hydrogens is 195 g/mol. The molecule has 3 nitrogen and oxygen atoms in total. The average molecular weight is 208 g/mol. The molecular formula is C5H13NaO3S2. The molecule has 0 aliphatic carbocycles. The average Bonchev–Trinajstić information content (AvgIpc) is 1.78. The van der Waals surface area contributed by atoms with E-state index in [-0.39, 0.29) is 35.3 Å². The normalized spacial score (nSPS) is 10.7. The van der Waals surface area contributed by atoms with Crippen LogP contribution < -0.4 is 0 Å². The van der Waals surface area contributed by atoms with Crippen LogP contribution in [0.2, 0.25) is 0 Å². The monoisotopic (exact) mass is 208 g/mol. The summed E-state index contributed by atoms with van der Waals surface area (Å²) in [6.45, 7) is 2.01. The second-order valence-corrected chi connectivity index (χ2v) is 4.80. The van der Waals surface area contributed by atoms with Crippen molar-refractivity contribution in [1.29, 1.82) is 0 Å². The van der Waals surface area contributed by atoms with Gasteiger partial charge in [0, 0.05) is 0 Å². The molecule has 0 amide bonds. The van der Waals surface area contributed by atoms with E-state index in [1.54, 1.807) is 11.8 Å². The van der Waals surface area contributed by atoms with Crippen LogP contribution in [0.4, 0.5) is 0 Å². The summed E-state index contributed by atoms with van der Waals surface area (Å²) in [7, 11) is -3.72. The Balaban J connectivity index is 0. The third-order valence-electron chi connectivity index (χ3n) is 0.895. The van der Waals surface area contributed by atoms with Gasteiger partial charge < -0.3 is 0 Å². The zero-order valence-corrected chi connectivity index (χ0v) is 7.54. The quantitative estimate of drug-likeness (QED) is 0.403. The van der Waals surface area contributed by atoms with E-state index in [9.17, 15) is 8.42 Å². The van der Waals surface area contributed by atoms with Crippen molar-refractivity contribution >= 4 is 51.4 Å². The van der Waals surface area contributed by atoms with Crippen LogP contribution in [0.15, 0.2) is 0 Å². The predicted molar refractivity (Wildman–Crippen MR) is 51.2 cm³/mol. The molecule has 0 saturated heterocycles. The van der Waals surface area contributed by atoms with Crippen molar-refractivity contribution in [3.63, 3.8) is 0 Å². The van der Waals surface area contributed by atoms with Gasteiger partial charge in [0.1, 0.15) is 0 Å². The van der Waals surface area contributed by atoms with Crippen molar-refractivity contribution in [2.24, 2.45) is 0 Å². The maximum absolute atomic E-state index is 10.1. The zero-order valence-electron chi connectivity index (χ0n) is 5.91. The molecule has 0 saturated carbocycles.